The van der Waals surface area contributed by atoms with Crippen LogP contribution in [0, 0.1) is 6.92 Å². The minimum Gasteiger partial charge on any atom is -0.494 e. The molecule has 0 aromatic heterocycles. The van der Waals surface area contributed by atoms with E-state index in [1.54, 1.807) is 7.11 Å². The first-order valence-electron chi connectivity index (χ1n) is 7.56. The van der Waals surface area contributed by atoms with Crippen LogP contribution in [0.15, 0.2) is 47.6 Å². The predicted octanol–water partition coefficient (Wildman–Crippen LogP) is 2.75. The molecule has 5 nitrogen and oxygen atoms in total. The molecule has 122 valence electrons. The van der Waals surface area contributed by atoms with E-state index < -0.39 is 0 Å². The van der Waals surface area contributed by atoms with Crippen molar-refractivity contribution in [2.75, 3.05) is 25.7 Å². The van der Waals surface area contributed by atoms with Crippen LogP contribution in [0.1, 0.15) is 12.5 Å². The van der Waals surface area contributed by atoms with Crippen molar-refractivity contribution in [2.24, 2.45) is 5.11 Å². The number of hydrogen-bond acceptors (Lipinski definition) is 4. The van der Waals surface area contributed by atoms with Gasteiger partial charge >= 0.3 is 0 Å². The maximum atomic E-state index is 5.86. The summed E-state index contributed by atoms with van der Waals surface area (Å²) in [6, 6.07) is 14.0. The summed E-state index contributed by atoms with van der Waals surface area (Å²) in [7, 11) is 3.63. The van der Waals surface area contributed by atoms with Crippen LogP contribution < -0.4 is 19.9 Å². The van der Waals surface area contributed by atoms with Gasteiger partial charge in [-0.2, -0.15) is 5.53 Å². The van der Waals surface area contributed by atoms with E-state index in [0.717, 1.165) is 11.4 Å². The normalized spacial score (nSPS) is 11.7. The van der Waals surface area contributed by atoms with E-state index >= 15 is 0 Å². The SMILES string of the molecule is COc1cc(N(C)C(C)COc2ccc(C)cc2)ccc1N=[NH2+]. The highest BCUT2D eigenvalue weighted by Gasteiger charge is 2.14. The third-order valence-electron chi connectivity index (χ3n) is 3.88. The first-order valence-corrected chi connectivity index (χ1v) is 7.56. The Labute approximate surface area is 137 Å². The highest BCUT2D eigenvalue weighted by Crippen LogP contribution is 2.31. The van der Waals surface area contributed by atoms with E-state index in [-0.39, 0.29) is 6.04 Å². The fourth-order valence-corrected chi connectivity index (χ4v) is 2.21. The zero-order valence-corrected chi connectivity index (χ0v) is 14.1. The number of ether oxygens (including phenoxy) is 2. The molecule has 0 fully saturated rings. The van der Waals surface area contributed by atoms with Gasteiger partial charge in [0.05, 0.1) is 13.2 Å². The lowest BCUT2D eigenvalue weighted by Crippen LogP contribution is -2.34. The van der Waals surface area contributed by atoms with Crippen molar-refractivity contribution in [3.63, 3.8) is 0 Å². The van der Waals surface area contributed by atoms with Crippen molar-refractivity contribution >= 4 is 11.4 Å². The van der Waals surface area contributed by atoms with Crippen LogP contribution in [0.25, 0.3) is 0 Å². The molecule has 0 aliphatic carbocycles. The van der Waals surface area contributed by atoms with Crippen LogP contribution >= 0.6 is 0 Å². The Balaban J connectivity index is 2.02. The molecule has 0 spiro atoms. The van der Waals surface area contributed by atoms with E-state index in [1.165, 1.54) is 5.56 Å². The van der Waals surface area contributed by atoms with Crippen LogP contribution in [0.4, 0.5) is 11.4 Å². The molecule has 23 heavy (non-hydrogen) atoms. The Hall–Kier alpha value is -2.56. The molecule has 5 heteroatoms. The molecule has 1 atom stereocenters. The minimum absolute atomic E-state index is 0.196. The summed E-state index contributed by atoms with van der Waals surface area (Å²) in [4.78, 5) is 2.14. The number of rotatable bonds is 7. The fraction of sp³-hybridized carbons (Fsp3) is 0.333. The number of benzene rings is 2. The summed E-state index contributed by atoms with van der Waals surface area (Å²) < 4.78 is 11.2. The van der Waals surface area contributed by atoms with Gasteiger partial charge in [-0.15, -0.1) is 0 Å². The zero-order valence-electron chi connectivity index (χ0n) is 14.1. The van der Waals surface area contributed by atoms with Gasteiger partial charge in [0, 0.05) is 18.8 Å². The summed E-state index contributed by atoms with van der Waals surface area (Å²) in [5, 5.41) is 3.70. The smallest absolute Gasteiger partial charge is 0.171 e. The highest BCUT2D eigenvalue weighted by molar-refractivity contribution is 5.61. The van der Waals surface area contributed by atoms with Gasteiger partial charge in [0.2, 0.25) is 0 Å². The monoisotopic (exact) mass is 314 g/mol. The van der Waals surface area contributed by atoms with Crippen LogP contribution in [0.3, 0.4) is 0 Å². The maximum Gasteiger partial charge on any atom is 0.171 e. The summed E-state index contributed by atoms with van der Waals surface area (Å²) in [5.41, 5.74) is 8.22. The molecule has 0 saturated heterocycles. The van der Waals surface area contributed by atoms with Gasteiger partial charge in [-0.05, 0) is 43.2 Å². The largest absolute Gasteiger partial charge is 0.494 e. The number of methoxy groups -OCH3 is 1. The molecule has 2 aromatic carbocycles. The molecule has 2 rings (SSSR count). The van der Waals surface area contributed by atoms with Crippen molar-refractivity contribution in [1.82, 2.24) is 0 Å². The van der Waals surface area contributed by atoms with Crippen molar-refractivity contribution in [1.29, 1.82) is 0 Å². The fourth-order valence-electron chi connectivity index (χ4n) is 2.21. The number of nitrogens with two attached hydrogens (primary N) is 1. The molecule has 2 N–H and O–H groups in total. The number of aryl methyl sites for hydroxylation is 1. The number of hydrogen-bond donors (Lipinski definition) is 1. The Morgan fingerprint density at radius 3 is 2.48 bits per heavy atom. The van der Waals surface area contributed by atoms with Crippen molar-refractivity contribution in [2.45, 2.75) is 19.9 Å². The third kappa shape index (κ3) is 4.22. The van der Waals surface area contributed by atoms with Gasteiger partial charge in [-0.3, -0.25) is 0 Å². The highest BCUT2D eigenvalue weighted by atomic mass is 16.5. The van der Waals surface area contributed by atoms with Gasteiger partial charge in [-0.1, -0.05) is 17.7 Å². The quantitative estimate of drug-likeness (QED) is 0.799. The minimum atomic E-state index is 0.196. The number of likely N-dealkylation sites (N-methyl/N-ethyl adjacent to an activating group) is 1. The molecular formula is C18H24N3O2+. The molecular weight excluding hydrogens is 290 g/mol. The number of nitrogens with zero attached hydrogens (tertiary/aromatic N) is 2. The van der Waals surface area contributed by atoms with E-state index in [0.29, 0.717) is 18.0 Å². The Kier molecular flexibility index (Phi) is 5.57. The lowest BCUT2D eigenvalue weighted by Gasteiger charge is -2.27. The second-order valence-electron chi connectivity index (χ2n) is 5.57. The lowest BCUT2D eigenvalue weighted by atomic mass is 10.2. The van der Waals surface area contributed by atoms with Crippen LogP contribution in [0.2, 0.25) is 0 Å². The Morgan fingerprint density at radius 1 is 1.17 bits per heavy atom. The van der Waals surface area contributed by atoms with E-state index in [9.17, 15) is 0 Å². The first kappa shape index (κ1) is 16.8. The Bertz CT molecular complexity index is 656. The first-order chi connectivity index (χ1) is 11.0. The second-order valence-corrected chi connectivity index (χ2v) is 5.57. The second kappa shape index (κ2) is 7.63. The van der Waals surface area contributed by atoms with Gasteiger partial charge < -0.3 is 14.4 Å². The molecule has 1 unspecified atom stereocenters. The maximum absolute atomic E-state index is 5.86. The summed E-state index contributed by atoms with van der Waals surface area (Å²) in [6.07, 6.45) is 0. The van der Waals surface area contributed by atoms with Crippen LogP contribution in [-0.2, 0) is 0 Å². The van der Waals surface area contributed by atoms with Crippen molar-refractivity contribution in [3.8, 4) is 11.5 Å². The topological polar surface area (TPSA) is 59.7 Å². The van der Waals surface area contributed by atoms with E-state index in [1.807, 2.05) is 49.5 Å². The van der Waals surface area contributed by atoms with Gasteiger partial charge in [0.1, 0.15) is 12.4 Å². The molecule has 0 bridgehead atoms. The van der Waals surface area contributed by atoms with E-state index in [4.69, 9.17) is 15.0 Å². The van der Waals surface area contributed by atoms with Crippen LogP contribution in [-0.4, -0.2) is 26.8 Å². The summed E-state index contributed by atoms with van der Waals surface area (Å²) in [5.74, 6) is 1.54. The standard InChI is InChI=1S/C18H23N3O2/c1-13-5-8-16(9-6-13)23-12-14(2)21(3)15-7-10-17(20-19)18(11-15)22-4/h5-11,14,19H,12H2,1-4H3/p+1. The van der Waals surface area contributed by atoms with Gasteiger partial charge in [-0.25, -0.2) is 0 Å². The van der Waals surface area contributed by atoms with Crippen molar-refractivity contribution < 1.29 is 15.0 Å². The van der Waals surface area contributed by atoms with Crippen molar-refractivity contribution in [3.05, 3.63) is 48.0 Å². The van der Waals surface area contributed by atoms with Gasteiger partial charge in [0.25, 0.3) is 0 Å². The summed E-state index contributed by atoms with van der Waals surface area (Å²) in [6.45, 7) is 4.76. The van der Waals surface area contributed by atoms with Gasteiger partial charge in [0.15, 0.2) is 11.4 Å². The average Bonchev–Trinajstić information content (AvgIpc) is 2.59. The number of anilines is 1. The predicted molar refractivity (Wildman–Crippen MR) is 91.5 cm³/mol. The molecule has 0 aliphatic heterocycles. The molecule has 0 amide bonds. The Morgan fingerprint density at radius 2 is 1.87 bits per heavy atom. The molecule has 0 heterocycles. The lowest BCUT2D eigenvalue weighted by molar-refractivity contribution is -0.210. The molecule has 0 radical (unpaired) electrons. The van der Waals surface area contributed by atoms with Crippen LogP contribution in [0.5, 0.6) is 11.5 Å². The van der Waals surface area contributed by atoms with E-state index in [2.05, 4.69) is 23.9 Å². The molecule has 2 aromatic rings. The molecule has 0 aliphatic rings. The third-order valence-corrected chi connectivity index (χ3v) is 3.88. The molecule has 0 saturated carbocycles. The summed E-state index contributed by atoms with van der Waals surface area (Å²) >= 11 is 0. The zero-order chi connectivity index (χ0) is 16.8. The average molecular weight is 314 g/mol.